The smallest absolute Gasteiger partial charge is 0.146 e. The fourth-order valence-electron chi connectivity index (χ4n) is 2.23. The van der Waals surface area contributed by atoms with Crippen molar-refractivity contribution in [1.29, 1.82) is 0 Å². The van der Waals surface area contributed by atoms with Crippen molar-refractivity contribution in [2.75, 3.05) is 39.2 Å². The summed E-state index contributed by atoms with van der Waals surface area (Å²) in [5, 5.41) is 4.36. The van der Waals surface area contributed by atoms with Crippen molar-refractivity contribution < 1.29 is 4.74 Å². The summed E-state index contributed by atoms with van der Waals surface area (Å²) in [6, 6.07) is 0. The molecule has 2 aromatic heterocycles. The maximum atomic E-state index is 5.38. The van der Waals surface area contributed by atoms with Gasteiger partial charge in [0.2, 0.25) is 0 Å². The number of rotatable bonds is 7. The lowest BCUT2D eigenvalue weighted by molar-refractivity contribution is 0.119. The van der Waals surface area contributed by atoms with Gasteiger partial charge in [-0.15, -0.1) is 11.3 Å². The minimum Gasteiger partial charge on any atom is -0.380 e. The third-order valence-corrected chi connectivity index (χ3v) is 4.65. The number of nitrogens with zero attached hydrogens (tertiary/aromatic N) is 3. The Morgan fingerprint density at radius 3 is 2.71 bits per heavy atom. The zero-order valence-corrected chi connectivity index (χ0v) is 14.3. The Bertz CT molecular complexity index is 611. The number of aryl methyl sites for hydroxylation is 2. The van der Waals surface area contributed by atoms with E-state index in [9.17, 15) is 0 Å². The molecule has 2 aromatic rings. The van der Waals surface area contributed by atoms with Crippen molar-refractivity contribution in [3.63, 3.8) is 0 Å². The minimum absolute atomic E-state index is 0.730. The lowest BCUT2D eigenvalue weighted by Crippen LogP contribution is -2.24. The normalized spacial score (nSPS) is 11.5. The van der Waals surface area contributed by atoms with Gasteiger partial charge < -0.3 is 10.1 Å². The number of anilines is 1. The first-order chi connectivity index (χ1) is 10.1. The van der Waals surface area contributed by atoms with Gasteiger partial charge in [0.15, 0.2) is 0 Å². The van der Waals surface area contributed by atoms with Crippen LogP contribution in [0.15, 0.2) is 0 Å². The molecule has 1 N–H and O–H groups in total. The number of fused-ring (bicyclic) bond motifs is 1. The molecule has 0 unspecified atom stereocenters. The lowest BCUT2D eigenvalue weighted by atomic mass is 10.2. The fourth-order valence-corrected chi connectivity index (χ4v) is 3.28. The van der Waals surface area contributed by atoms with Crippen LogP contribution in [0.5, 0.6) is 0 Å². The second-order valence-corrected chi connectivity index (χ2v) is 6.34. The summed E-state index contributed by atoms with van der Waals surface area (Å²) in [6.45, 7) is 9.39. The number of hydrogen-bond donors (Lipinski definition) is 1. The van der Waals surface area contributed by atoms with Crippen LogP contribution in [0, 0.1) is 13.8 Å². The first kappa shape index (κ1) is 16.1. The third-order valence-electron chi connectivity index (χ3n) is 3.54. The van der Waals surface area contributed by atoms with Crippen LogP contribution in [0.2, 0.25) is 0 Å². The van der Waals surface area contributed by atoms with Crippen LogP contribution < -0.4 is 5.32 Å². The van der Waals surface area contributed by atoms with Gasteiger partial charge in [0, 0.05) is 25.1 Å². The van der Waals surface area contributed by atoms with Crippen LogP contribution in [-0.4, -0.2) is 48.7 Å². The monoisotopic (exact) mass is 308 g/mol. The third kappa shape index (κ3) is 3.70. The molecule has 21 heavy (non-hydrogen) atoms. The number of ether oxygens (including phenoxy) is 1. The van der Waals surface area contributed by atoms with Crippen molar-refractivity contribution in [2.45, 2.75) is 27.3 Å². The van der Waals surface area contributed by atoms with Crippen molar-refractivity contribution in [3.05, 3.63) is 16.3 Å². The highest BCUT2D eigenvalue weighted by molar-refractivity contribution is 7.18. The van der Waals surface area contributed by atoms with Crippen LogP contribution >= 0.6 is 11.3 Å². The molecular weight excluding hydrogens is 284 g/mol. The van der Waals surface area contributed by atoms with Gasteiger partial charge >= 0.3 is 0 Å². The second-order valence-electron chi connectivity index (χ2n) is 5.14. The van der Waals surface area contributed by atoms with Gasteiger partial charge in [0.1, 0.15) is 16.5 Å². The molecule has 2 heterocycles. The average molecular weight is 308 g/mol. The molecule has 116 valence electrons. The molecule has 0 spiro atoms. The Labute approximate surface area is 130 Å². The Morgan fingerprint density at radius 2 is 2.05 bits per heavy atom. The van der Waals surface area contributed by atoms with Gasteiger partial charge in [0.25, 0.3) is 0 Å². The summed E-state index contributed by atoms with van der Waals surface area (Å²) in [5.74, 6) is 1.78. The van der Waals surface area contributed by atoms with Crippen LogP contribution in [0.25, 0.3) is 10.2 Å². The number of hydrogen-bond acceptors (Lipinski definition) is 6. The predicted molar refractivity (Wildman–Crippen MR) is 89.3 cm³/mol. The molecule has 0 saturated heterocycles. The van der Waals surface area contributed by atoms with Gasteiger partial charge in [0.05, 0.1) is 18.5 Å². The molecule has 0 aromatic carbocycles. The van der Waals surface area contributed by atoms with Crippen molar-refractivity contribution in [1.82, 2.24) is 14.9 Å². The molecule has 2 rings (SSSR count). The summed E-state index contributed by atoms with van der Waals surface area (Å²) >= 11 is 1.74. The maximum Gasteiger partial charge on any atom is 0.146 e. The number of likely N-dealkylation sites (N-methyl/N-ethyl adjacent to an activating group) is 1. The summed E-state index contributed by atoms with van der Waals surface area (Å²) in [5.41, 5.74) is 1.27. The van der Waals surface area contributed by atoms with Gasteiger partial charge in [-0.1, -0.05) is 0 Å². The van der Waals surface area contributed by atoms with Gasteiger partial charge in [-0.3, -0.25) is 4.90 Å². The standard InChI is InChI=1S/C15H24N4OS/c1-6-20-8-7-19(5)9-12-17-14(16-4)13-10(2)11(3)21-15(13)18-12/h6-9H2,1-5H3,(H,16,17,18). The molecule has 0 bridgehead atoms. The SMILES string of the molecule is CCOCCN(C)Cc1nc(NC)c2c(C)c(C)sc2n1. The summed E-state index contributed by atoms with van der Waals surface area (Å²) in [6.07, 6.45) is 0. The highest BCUT2D eigenvalue weighted by atomic mass is 32.1. The van der Waals surface area contributed by atoms with Crippen LogP contribution in [0.4, 0.5) is 5.82 Å². The molecule has 6 heteroatoms. The maximum absolute atomic E-state index is 5.38. The van der Waals surface area contributed by atoms with Crippen molar-refractivity contribution >= 4 is 27.4 Å². The Kier molecular flexibility index (Phi) is 5.50. The molecule has 5 nitrogen and oxygen atoms in total. The van der Waals surface area contributed by atoms with Crippen LogP contribution in [-0.2, 0) is 11.3 Å². The number of nitrogens with one attached hydrogen (secondary N) is 1. The Morgan fingerprint density at radius 1 is 1.29 bits per heavy atom. The average Bonchev–Trinajstić information content (AvgIpc) is 2.73. The largest absolute Gasteiger partial charge is 0.380 e. The zero-order chi connectivity index (χ0) is 15.4. The molecule has 0 aliphatic heterocycles. The van der Waals surface area contributed by atoms with Gasteiger partial charge in [-0.05, 0) is 33.4 Å². The first-order valence-electron chi connectivity index (χ1n) is 7.27. The summed E-state index contributed by atoms with van der Waals surface area (Å²) in [7, 11) is 3.98. The Hall–Kier alpha value is -1.24. The summed E-state index contributed by atoms with van der Waals surface area (Å²) in [4.78, 5) is 13.9. The van der Waals surface area contributed by atoms with Crippen molar-refractivity contribution in [2.24, 2.45) is 0 Å². The van der Waals surface area contributed by atoms with E-state index >= 15 is 0 Å². The van der Waals surface area contributed by atoms with E-state index in [1.165, 1.54) is 10.4 Å². The minimum atomic E-state index is 0.730. The highest BCUT2D eigenvalue weighted by Gasteiger charge is 2.14. The highest BCUT2D eigenvalue weighted by Crippen LogP contribution is 2.33. The van der Waals surface area contributed by atoms with Gasteiger partial charge in [-0.25, -0.2) is 9.97 Å². The van der Waals surface area contributed by atoms with Gasteiger partial charge in [-0.2, -0.15) is 0 Å². The molecule has 0 amide bonds. The van der Waals surface area contributed by atoms with E-state index in [0.29, 0.717) is 0 Å². The topological polar surface area (TPSA) is 50.3 Å². The van der Waals surface area contributed by atoms with Crippen LogP contribution in [0.3, 0.4) is 0 Å². The second kappa shape index (κ2) is 7.15. The zero-order valence-electron chi connectivity index (χ0n) is 13.5. The molecule has 0 aliphatic rings. The predicted octanol–water partition coefficient (Wildman–Crippen LogP) is 2.82. The molecule has 0 saturated carbocycles. The molecule has 0 aliphatic carbocycles. The molecule has 0 atom stereocenters. The van der Waals surface area contributed by atoms with Crippen molar-refractivity contribution in [3.8, 4) is 0 Å². The van der Waals surface area contributed by atoms with E-state index in [1.807, 2.05) is 14.0 Å². The van der Waals surface area contributed by atoms with E-state index in [4.69, 9.17) is 9.72 Å². The van der Waals surface area contributed by atoms with E-state index in [-0.39, 0.29) is 0 Å². The molecule has 0 radical (unpaired) electrons. The van der Waals surface area contributed by atoms with E-state index in [1.54, 1.807) is 11.3 Å². The quantitative estimate of drug-likeness (QED) is 0.797. The molecule has 0 fully saturated rings. The Balaban J connectivity index is 2.21. The first-order valence-corrected chi connectivity index (χ1v) is 8.09. The summed E-state index contributed by atoms with van der Waals surface area (Å²) < 4.78 is 5.38. The number of aromatic nitrogens is 2. The van der Waals surface area contributed by atoms with Crippen LogP contribution in [0.1, 0.15) is 23.2 Å². The fraction of sp³-hybridized carbons (Fsp3) is 0.600. The van der Waals surface area contributed by atoms with E-state index in [0.717, 1.165) is 48.2 Å². The molecular formula is C15H24N4OS. The lowest BCUT2D eigenvalue weighted by Gasteiger charge is -2.16. The van der Waals surface area contributed by atoms with E-state index in [2.05, 4.69) is 36.1 Å². The number of thiophene rings is 1. The van der Waals surface area contributed by atoms with E-state index < -0.39 is 0 Å².